The number of carbonyl (C=O) groups is 2. The molecule has 0 spiro atoms. The van der Waals surface area contributed by atoms with Crippen molar-refractivity contribution >= 4 is 11.9 Å². The monoisotopic (exact) mass is 403 g/mol. The lowest BCUT2D eigenvalue weighted by molar-refractivity contribution is -0.138. The van der Waals surface area contributed by atoms with E-state index in [-0.39, 0.29) is 12.5 Å². The highest BCUT2D eigenvalue weighted by molar-refractivity contribution is 5.80. The maximum absolute atomic E-state index is 11.9. The van der Waals surface area contributed by atoms with Gasteiger partial charge in [0.1, 0.15) is 6.54 Å². The van der Waals surface area contributed by atoms with Crippen molar-refractivity contribution in [1.29, 1.82) is 0 Å². The second-order valence-electron chi connectivity index (χ2n) is 11.3. The summed E-state index contributed by atoms with van der Waals surface area (Å²) >= 11 is 0. The fourth-order valence-electron chi connectivity index (χ4n) is 8.65. The Bertz CT molecular complexity index is 634. The van der Waals surface area contributed by atoms with Gasteiger partial charge in [0.25, 0.3) is 0 Å². The van der Waals surface area contributed by atoms with Crippen molar-refractivity contribution in [2.45, 2.75) is 97.3 Å². The number of nitrogens with one attached hydrogen (secondary N) is 1. The van der Waals surface area contributed by atoms with E-state index < -0.39 is 5.97 Å². The van der Waals surface area contributed by atoms with Gasteiger partial charge in [0, 0.05) is 6.42 Å². The molecule has 0 aromatic carbocycles. The number of carbonyl (C=O) groups excluding carboxylic acids is 1. The van der Waals surface area contributed by atoms with Gasteiger partial charge in [-0.2, -0.15) is 0 Å². The minimum Gasteiger partial charge on any atom is -0.480 e. The molecule has 0 aromatic heterocycles. The number of carboxylic acids is 1. The van der Waals surface area contributed by atoms with Gasteiger partial charge < -0.3 is 10.4 Å². The van der Waals surface area contributed by atoms with Crippen molar-refractivity contribution in [1.82, 2.24) is 5.32 Å². The van der Waals surface area contributed by atoms with Crippen LogP contribution in [0.5, 0.6) is 0 Å². The van der Waals surface area contributed by atoms with Gasteiger partial charge in [0.2, 0.25) is 5.91 Å². The Morgan fingerprint density at radius 2 is 1.72 bits per heavy atom. The molecule has 4 rings (SSSR count). The van der Waals surface area contributed by atoms with Crippen LogP contribution in [0.15, 0.2) is 0 Å². The first-order valence-electron chi connectivity index (χ1n) is 12.3. The molecule has 0 saturated heterocycles. The molecular weight excluding hydrogens is 362 g/mol. The van der Waals surface area contributed by atoms with Crippen molar-refractivity contribution in [2.24, 2.45) is 40.4 Å². The molecule has 4 aliphatic rings. The Hall–Kier alpha value is -1.06. The molecule has 0 aliphatic heterocycles. The zero-order valence-electron chi connectivity index (χ0n) is 18.5. The van der Waals surface area contributed by atoms with E-state index >= 15 is 0 Å². The maximum Gasteiger partial charge on any atom is 0.322 e. The summed E-state index contributed by atoms with van der Waals surface area (Å²) in [5, 5.41) is 11.2. The topological polar surface area (TPSA) is 66.4 Å². The number of hydrogen-bond donors (Lipinski definition) is 2. The van der Waals surface area contributed by atoms with Crippen LogP contribution in [0.2, 0.25) is 0 Å². The molecule has 0 heterocycles. The van der Waals surface area contributed by atoms with Crippen LogP contribution >= 0.6 is 0 Å². The summed E-state index contributed by atoms with van der Waals surface area (Å²) in [6.45, 7) is 4.97. The fourth-order valence-corrected chi connectivity index (χ4v) is 8.65. The minimum atomic E-state index is -0.970. The van der Waals surface area contributed by atoms with Crippen LogP contribution < -0.4 is 5.32 Å². The first kappa shape index (κ1) is 21.2. The van der Waals surface area contributed by atoms with Gasteiger partial charge in [-0.25, -0.2) is 0 Å². The molecule has 3 unspecified atom stereocenters. The van der Waals surface area contributed by atoms with Crippen LogP contribution in [0.1, 0.15) is 97.3 Å². The summed E-state index contributed by atoms with van der Waals surface area (Å²) in [5.41, 5.74) is 1.08. The van der Waals surface area contributed by atoms with Crippen molar-refractivity contribution < 1.29 is 14.7 Å². The summed E-state index contributed by atoms with van der Waals surface area (Å²) < 4.78 is 0. The normalized spacial score (nSPS) is 43.7. The molecule has 7 atom stereocenters. The fraction of sp³-hybridized carbons (Fsp3) is 0.920. The SMILES string of the molecule is C[C@]12CCC3C(CC[C@@H]4CCCC[C@]34C)C1CC[C@@H]2CCCC(=O)NCC(=O)O. The molecule has 2 N–H and O–H groups in total. The second kappa shape index (κ2) is 8.23. The predicted octanol–water partition coefficient (Wildman–Crippen LogP) is 5.41. The number of fused-ring (bicyclic) bond motifs is 5. The van der Waals surface area contributed by atoms with Crippen molar-refractivity contribution in [3.05, 3.63) is 0 Å². The van der Waals surface area contributed by atoms with Gasteiger partial charge in [-0.15, -0.1) is 0 Å². The van der Waals surface area contributed by atoms with E-state index in [9.17, 15) is 9.59 Å². The van der Waals surface area contributed by atoms with Crippen LogP contribution in [0, 0.1) is 40.4 Å². The number of amides is 1. The average Bonchev–Trinajstić information content (AvgIpc) is 3.02. The summed E-state index contributed by atoms with van der Waals surface area (Å²) in [7, 11) is 0. The maximum atomic E-state index is 11.9. The van der Waals surface area contributed by atoms with Crippen molar-refractivity contribution in [2.75, 3.05) is 6.54 Å². The standard InChI is InChI=1S/C25H41NO3/c1-24-14-4-3-6-17(24)9-11-19-20-12-10-18(25(20,2)15-13-21(19)24)7-5-8-22(27)26-16-23(28)29/h17-21H,3-16H2,1-2H3,(H,26,27)(H,28,29)/t17-,18-,19?,20?,21?,24-,25+/m0/s1. The van der Waals surface area contributed by atoms with Gasteiger partial charge in [0.05, 0.1) is 0 Å². The zero-order valence-corrected chi connectivity index (χ0v) is 18.5. The first-order chi connectivity index (χ1) is 13.8. The van der Waals surface area contributed by atoms with Gasteiger partial charge in [-0.1, -0.05) is 26.7 Å². The van der Waals surface area contributed by atoms with Gasteiger partial charge in [-0.3, -0.25) is 9.59 Å². The Morgan fingerprint density at radius 3 is 2.52 bits per heavy atom. The highest BCUT2D eigenvalue weighted by Gasteiger charge is 2.59. The van der Waals surface area contributed by atoms with E-state index in [1.807, 2.05) is 0 Å². The largest absolute Gasteiger partial charge is 0.480 e. The lowest BCUT2D eigenvalue weighted by atomic mass is 9.45. The molecule has 164 valence electrons. The molecule has 4 fully saturated rings. The smallest absolute Gasteiger partial charge is 0.322 e. The summed E-state index contributed by atoms with van der Waals surface area (Å²) in [4.78, 5) is 22.5. The number of carboxylic acid groups (broad SMARTS) is 1. The van der Waals surface area contributed by atoms with Gasteiger partial charge in [0.15, 0.2) is 0 Å². The Kier molecular flexibility index (Phi) is 6.01. The van der Waals surface area contributed by atoms with E-state index in [1.54, 1.807) is 0 Å². The summed E-state index contributed by atoms with van der Waals surface area (Å²) in [6.07, 6.45) is 16.8. The average molecular weight is 404 g/mol. The molecule has 4 nitrogen and oxygen atoms in total. The van der Waals surface area contributed by atoms with Crippen LogP contribution in [0.3, 0.4) is 0 Å². The lowest BCUT2D eigenvalue weighted by Gasteiger charge is -2.60. The molecule has 0 bridgehead atoms. The zero-order chi connectivity index (χ0) is 20.6. The predicted molar refractivity (Wildman–Crippen MR) is 114 cm³/mol. The Balaban J connectivity index is 1.35. The van der Waals surface area contributed by atoms with Gasteiger partial charge >= 0.3 is 5.97 Å². The van der Waals surface area contributed by atoms with Gasteiger partial charge in [-0.05, 0) is 105 Å². The number of rotatable bonds is 6. The molecule has 1 amide bonds. The van der Waals surface area contributed by atoms with E-state index in [0.29, 0.717) is 17.3 Å². The molecule has 0 radical (unpaired) electrons. The highest BCUT2D eigenvalue weighted by atomic mass is 16.4. The minimum absolute atomic E-state index is 0.112. The summed E-state index contributed by atoms with van der Waals surface area (Å²) in [6, 6.07) is 0. The van der Waals surface area contributed by atoms with E-state index in [1.165, 1.54) is 64.2 Å². The van der Waals surface area contributed by atoms with Crippen molar-refractivity contribution in [3.8, 4) is 0 Å². The third-order valence-electron chi connectivity index (χ3n) is 10.2. The van der Waals surface area contributed by atoms with Crippen molar-refractivity contribution in [3.63, 3.8) is 0 Å². The molecular formula is C25H41NO3. The van der Waals surface area contributed by atoms with E-state index in [0.717, 1.165) is 42.4 Å². The Labute approximate surface area is 176 Å². The lowest BCUT2D eigenvalue weighted by Crippen LogP contribution is -2.52. The third-order valence-corrected chi connectivity index (χ3v) is 10.2. The van der Waals surface area contributed by atoms with Crippen LogP contribution in [-0.4, -0.2) is 23.5 Å². The van der Waals surface area contributed by atoms with E-state index in [4.69, 9.17) is 5.11 Å². The van der Waals surface area contributed by atoms with Crippen LogP contribution in [0.4, 0.5) is 0 Å². The Morgan fingerprint density at radius 1 is 0.931 bits per heavy atom. The molecule has 29 heavy (non-hydrogen) atoms. The van der Waals surface area contributed by atoms with Crippen LogP contribution in [0.25, 0.3) is 0 Å². The van der Waals surface area contributed by atoms with Crippen LogP contribution in [-0.2, 0) is 9.59 Å². The number of hydrogen-bond acceptors (Lipinski definition) is 2. The summed E-state index contributed by atoms with van der Waals surface area (Å²) in [5.74, 6) is 3.45. The quantitative estimate of drug-likeness (QED) is 0.623. The first-order valence-corrected chi connectivity index (χ1v) is 12.3. The van der Waals surface area contributed by atoms with E-state index in [2.05, 4.69) is 19.2 Å². The third kappa shape index (κ3) is 3.85. The number of aliphatic carboxylic acids is 1. The second-order valence-corrected chi connectivity index (χ2v) is 11.3. The highest BCUT2D eigenvalue weighted by Crippen LogP contribution is 2.67. The molecule has 0 aromatic rings. The molecule has 4 saturated carbocycles. The molecule has 4 heteroatoms. The molecule has 4 aliphatic carbocycles.